The predicted molar refractivity (Wildman–Crippen MR) is 79.3 cm³/mol. The molecule has 1 aromatic carbocycles. The number of halogens is 2. The molecule has 1 aromatic rings. The van der Waals surface area contributed by atoms with E-state index in [-0.39, 0.29) is 5.78 Å². The lowest BCUT2D eigenvalue weighted by Gasteiger charge is -2.21. The highest BCUT2D eigenvalue weighted by atomic mass is 79.9. The molecule has 0 atom stereocenters. The summed E-state index contributed by atoms with van der Waals surface area (Å²) >= 11 is 9.50. The average molecular weight is 330 g/mol. The minimum atomic E-state index is 0.173. The molecule has 1 aliphatic rings. The molecule has 0 aromatic heterocycles. The summed E-state index contributed by atoms with van der Waals surface area (Å²) in [6, 6.07) is 5.54. The quantitative estimate of drug-likeness (QED) is 0.653. The molecule has 0 spiro atoms. The van der Waals surface area contributed by atoms with E-state index in [0.717, 1.165) is 16.8 Å². The van der Waals surface area contributed by atoms with Crippen molar-refractivity contribution in [2.75, 3.05) is 0 Å². The predicted octanol–water partition coefficient (Wildman–Crippen LogP) is 5.65. The second-order valence-electron chi connectivity index (χ2n) is 5.07. The normalized spacial score (nSPS) is 16.8. The standard InChI is InChI=1S/C15H18BrClO/c16-13-8-4-7-12(15(13)17)14(18)10-9-11-5-2-1-3-6-11/h4,7-8,11H,1-3,5-6,9-10H2. The molecule has 0 saturated heterocycles. The molecule has 18 heavy (non-hydrogen) atoms. The highest BCUT2D eigenvalue weighted by Gasteiger charge is 2.17. The fourth-order valence-electron chi connectivity index (χ4n) is 2.66. The summed E-state index contributed by atoms with van der Waals surface area (Å²) < 4.78 is 0.799. The molecule has 0 amide bonds. The van der Waals surface area contributed by atoms with E-state index in [2.05, 4.69) is 15.9 Å². The van der Waals surface area contributed by atoms with E-state index in [1.165, 1.54) is 32.1 Å². The number of hydrogen-bond acceptors (Lipinski definition) is 1. The minimum Gasteiger partial charge on any atom is -0.294 e. The maximum absolute atomic E-state index is 12.2. The van der Waals surface area contributed by atoms with Crippen molar-refractivity contribution in [2.24, 2.45) is 5.92 Å². The molecule has 98 valence electrons. The molecule has 1 aliphatic carbocycles. The number of carbonyl (C=O) groups is 1. The van der Waals surface area contributed by atoms with Gasteiger partial charge in [0.25, 0.3) is 0 Å². The van der Waals surface area contributed by atoms with E-state index in [9.17, 15) is 4.79 Å². The van der Waals surface area contributed by atoms with Crippen molar-refractivity contribution in [2.45, 2.75) is 44.9 Å². The smallest absolute Gasteiger partial charge is 0.164 e. The second-order valence-corrected chi connectivity index (χ2v) is 6.30. The molecular formula is C15H18BrClO. The van der Waals surface area contributed by atoms with Crippen molar-refractivity contribution in [3.63, 3.8) is 0 Å². The molecule has 3 heteroatoms. The van der Waals surface area contributed by atoms with Gasteiger partial charge in [0.05, 0.1) is 5.02 Å². The van der Waals surface area contributed by atoms with Gasteiger partial charge in [-0.15, -0.1) is 0 Å². The largest absolute Gasteiger partial charge is 0.294 e. The Labute approximate surface area is 122 Å². The third-order valence-corrected chi connectivity index (χ3v) is 5.05. The van der Waals surface area contributed by atoms with Crippen LogP contribution in [-0.2, 0) is 0 Å². The third kappa shape index (κ3) is 3.58. The summed E-state index contributed by atoms with van der Waals surface area (Å²) in [5, 5.41) is 0.547. The number of carbonyl (C=O) groups excluding carboxylic acids is 1. The summed E-state index contributed by atoms with van der Waals surface area (Å²) in [4.78, 5) is 12.2. The van der Waals surface area contributed by atoms with Gasteiger partial charge in [-0.1, -0.05) is 49.8 Å². The van der Waals surface area contributed by atoms with Gasteiger partial charge in [0.15, 0.2) is 5.78 Å². The number of rotatable bonds is 4. The topological polar surface area (TPSA) is 17.1 Å². The summed E-state index contributed by atoms with van der Waals surface area (Å²) in [5.41, 5.74) is 0.654. The van der Waals surface area contributed by atoms with Gasteiger partial charge >= 0.3 is 0 Å². The summed E-state index contributed by atoms with van der Waals surface area (Å²) in [6.45, 7) is 0. The Morgan fingerprint density at radius 3 is 2.72 bits per heavy atom. The van der Waals surface area contributed by atoms with Crippen molar-refractivity contribution >= 4 is 33.3 Å². The molecular weight excluding hydrogens is 312 g/mol. The molecule has 0 N–H and O–H groups in total. The Morgan fingerprint density at radius 1 is 1.28 bits per heavy atom. The van der Waals surface area contributed by atoms with Crippen LogP contribution in [0.5, 0.6) is 0 Å². The monoisotopic (exact) mass is 328 g/mol. The molecule has 1 saturated carbocycles. The average Bonchev–Trinajstić information content (AvgIpc) is 2.40. The van der Waals surface area contributed by atoms with Gasteiger partial charge in [-0.2, -0.15) is 0 Å². The number of hydrogen-bond donors (Lipinski definition) is 0. The maximum atomic E-state index is 12.2. The Morgan fingerprint density at radius 2 is 2.00 bits per heavy atom. The van der Waals surface area contributed by atoms with Crippen LogP contribution < -0.4 is 0 Å². The highest BCUT2D eigenvalue weighted by Crippen LogP contribution is 2.30. The number of Topliss-reactive ketones (excluding diaryl/α,β-unsaturated/α-hetero) is 1. The molecule has 0 bridgehead atoms. The molecule has 0 unspecified atom stereocenters. The van der Waals surface area contributed by atoms with E-state index in [1.54, 1.807) is 0 Å². The van der Waals surface area contributed by atoms with Crippen LogP contribution in [0.4, 0.5) is 0 Å². The van der Waals surface area contributed by atoms with Crippen LogP contribution in [0.2, 0.25) is 5.02 Å². The maximum Gasteiger partial charge on any atom is 0.164 e. The second kappa shape index (κ2) is 6.72. The van der Waals surface area contributed by atoms with Gasteiger partial charge < -0.3 is 0 Å². The fraction of sp³-hybridized carbons (Fsp3) is 0.533. The Balaban J connectivity index is 1.93. The zero-order valence-corrected chi connectivity index (χ0v) is 12.8. The first-order valence-corrected chi connectivity index (χ1v) is 7.83. The van der Waals surface area contributed by atoms with Gasteiger partial charge in [-0.05, 0) is 40.4 Å². The molecule has 1 fully saturated rings. The molecule has 2 rings (SSSR count). The zero-order valence-electron chi connectivity index (χ0n) is 10.4. The SMILES string of the molecule is O=C(CCC1CCCCC1)c1cccc(Br)c1Cl. The lowest BCUT2D eigenvalue weighted by Crippen LogP contribution is -2.09. The number of ketones is 1. The van der Waals surface area contributed by atoms with Crippen LogP contribution in [0.15, 0.2) is 22.7 Å². The zero-order chi connectivity index (χ0) is 13.0. The molecule has 0 radical (unpaired) electrons. The Hall–Kier alpha value is -0.340. The van der Waals surface area contributed by atoms with Gasteiger partial charge in [-0.25, -0.2) is 0 Å². The number of benzene rings is 1. The Bertz CT molecular complexity index is 425. The van der Waals surface area contributed by atoms with E-state index < -0.39 is 0 Å². The van der Waals surface area contributed by atoms with Crippen molar-refractivity contribution in [1.82, 2.24) is 0 Å². The van der Waals surface area contributed by atoms with Crippen LogP contribution in [0.1, 0.15) is 55.3 Å². The van der Waals surface area contributed by atoms with E-state index in [0.29, 0.717) is 17.0 Å². The van der Waals surface area contributed by atoms with Crippen LogP contribution in [0.3, 0.4) is 0 Å². The van der Waals surface area contributed by atoms with Crippen molar-refractivity contribution in [3.05, 3.63) is 33.3 Å². The lowest BCUT2D eigenvalue weighted by molar-refractivity contribution is 0.0970. The van der Waals surface area contributed by atoms with E-state index >= 15 is 0 Å². The lowest BCUT2D eigenvalue weighted by atomic mass is 9.85. The van der Waals surface area contributed by atoms with Gasteiger partial charge in [0.1, 0.15) is 0 Å². The van der Waals surface area contributed by atoms with Crippen molar-refractivity contribution in [3.8, 4) is 0 Å². The van der Waals surface area contributed by atoms with Gasteiger partial charge in [-0.3, -0.25) is 4.79 Å². The van der Waals surface area contributed by atoms with Gasteiger partial charge in [0.2, 0.25) is 0 Å². The molecule has 0 heterocycles. The first kappa shape index (κ1) is 14.1. The van der Waals surface area contributed by atoms with Crippen molar-refractivity contribution < 1.29 is 4.79 Å². The molecule has 1 nitrogen and oxygen atoms in total. The van der Waals surface area contributed by atoms with Crippen LogP contribution in [0.25, 0.3) is 0 Å². The van der Waals surface area contributed by atoms with E-state index in [4.69, 9.17) is 11.6 Å². The fourth-order valence-corrected chi connectivity index (χ4v) is 3.26. The molecule has 0 aliphatic heterocycles. The third-order valence-electron chi connectivity index (χ3n) is 3.76. The first-order chi connectivity index (χ1) is 8.68. The minimum absolute atomic E-state index is 0.173. The first-order valence-electron chi connectivity index (χ1n) is 6.65. The van der Waals surface area contributed by atoms with Crippen molar-refractivity contribution in [1.29, 1.82) is 0 Å². The van der Waals surface area contributed by atoms with Crippen LogP contribution >= 0.6 is 27.5 Å². The Kier molecular flexibility index (Phi) is 5.25. The summed E-state index contributed by atoms with van der Waals surface area (Å²) in [6.07, 6.45) is 8.25. The van der Waals surface area contributed by atoms with Gasteiger partial charge in [0, 0.05) is 16.5 Å². The highest BCUT2D eigenvalue weighted by molar-refractivity contribution is 9.10. The van der Waals surface area contributed by atoms with Crippen LogP contribution in [0, 0.1) is 5.92 Å². The summed E-state index contributed by atoms with van der Waals surface area (Å²) in [5.74, 6) is 0.917. The van der Waals surface area contributed by atoms with Crippen LogP contribution in [-0.4, -0.2) is 5.78 Å². The van der Waals surface area contributed by atoms with E-state index in [1.807, 2.05) is 18.2 Å². The summed E-state index contributed by atoms with van der Waals surface area (Å²) in [7, 11) is 0.